The zero-order chi connectivity index (χ0) is 17.5. The molecule has 1 unspecified atom stereocenters. The molecule has 1 heterocycles. The van der Waals surface area contributed by atoms with Crippen LogP contribution in [0, 0.1) is 12.8 Å². The molecule has 0 saturated carbocycles. The van der Waals surface area contributed by atoms with Gasteiger partial charge in [-0.3, -0.25) is 4.79 Å². The van der Waals surface area contributed by atoms with Crippen LogP contribution in [0.25, 0.3) is 0 Å². The maximum absolute atomic E-state index is 12.3. The minimum atomic E-state index is -0.0130. The number of amides is 1. The Kier molecular flexibility index (Phi) is 6.01. The van der Waals surface area contributed by atoms with Gasteiger partial charge in [0, 0.05) is 43.5 Å². The normalized spacial score (nSPS) is 12.3. The Bertz CT molecular complexity index is 694. The highest BCUT2D eigenvalue weighted by molar-refractivity contribution is 5.94. The minimum Gasteiger partial charge on any atom is -0.399 e. The first kappa shape index (κ1) is 17.6. The first-order valence-corrected chi connectivity index (χ1v) is 7.89. The SMILES string of the molecule is Cc1cnc(/N=C/C(C)CCN(C)C(=O)c2ccc(N)cc2)nc1. The molecule has 1 amide bonds. The lowest BCUT2D eigenvalue weighted by molar-refractivity contribution is 0.0791. The molecule has 0 bridgehead atoms. The van der Waals surface area contributed by atoms with Gasteiger partial charge in [-0.2, -0.15) is 0 Å². The van der Waals surface area contributed by atoms with Gasteiger partial charge in [-0.05, 0) is 49.1 Å². The Morgan fingerprint density at radius 3 is 2.54 bits per heavy atom. The molecule has 1 aromatic carbocycles. The summed E-state index contributed by atoms with van der Waals surface area (Å²) in [6, 6.07) is 6.96. The largest absolute Gasteiger partial charge is 0.399 e. The third kappa shape index (κ3) is 5.15. The fourth-order valence-corrected chi connectivity index (χ4v) is 2.07. The van der Waals surface area contributed by atoms with E-state index in [2.05, 4.69) is 21.9 Å². The van der Waals surface area contributed by atoms with Gasteiger partial charge in [-0.1, -0.05) is 6.92 Å². The molecule has 0 aliphatic carbocycles. The molecular weight excluding hydrogens is 302 g/mol. The summed E-state index contributed by atoms with van der Waals surface area (Å²) < 4.78 is 0. The number of aliphatic imine (C=N–C) groups is 1. The van der Waals surface area contributed by atoms with Crippen molar-refractivity contribution < 1.29 is 4.79 Å². The van der Waals surface area contributed by atoms with Gasteiger partial charge in [-0.15, -0.1) is 0 Å². The van der Waals surface area contributed by atoms with E-state index in [1.54, 1.807) is 48.6 Å². The smallest absolute Gasteiger partial charge is 0.253 e. The van der Waals surface area contributed by atoms with Gasteiger partial charge in [0.15, 0.2) is 0 Å². The third-order valence-electron chi connectivity index (χ3n) is 3.64. The van der Waals surface area contributed by atoms with Crippen molar-refractivity contribution in [1.29, 1.82) is 0 Å². The summed E-state index contributed by atoms with van der Waals surface area (Å²) in [7, 11) is 1.80. The van der Waals surface area contributed by atoms with Crippen molar-refractivity contribution in [3.05, 3.63) is 47.8 Å². The molecule has 1 atom stereocenters. The van der Waals surface area contributed by atoms with Crippen LogP contribution in [0.5, 0.6) is 0 Å². The quantitative estimate of drug-likeness (QED) is 0.654. The molecule has 0 radical (unpaired) electrons. The van der Waals surface area contributed by atoms with Crippen LogP contribution in [0.2, 0.25) is 0 Å². The van der Waals surface area contributed by atoms with Crippen LogP contribution in [0.1, 0.15) is 29.3 Å². The van der Waals surface area contributed by atoms with Gasteiger partial charge < -0.3 is 10.6 Å². The van der Waals surface area contributed by atoms with E-state index in [1.165, 1.54) is 0 Å². The summed E-state index contributed by atoms with van der Waals surface area (Å²) in [4.78, 5) is 26.6. The molecule has 2 rings (SSSR count). The summed E-state index contributed by atoms with van der Waals surface area (Å²) >= 11 is 0. The minimum absolute atomic E-state index is 0.0130. The van der Waals surface area contributed by atoms with Gasteiger partial charge in [0.1, 0.15) is 0 Å². The topological polar surface area (TPSA) is 84.5 Å². The van der Waals surface area contributed by atoms with Crippen LogP contribution in [0.3, 0.4) is 0 Å². The van der Waals surface area contributed by atoms with E-state index >= 15 is 0 Å². The number of carbonyl (C=O) groups is 1. The number of rotatable bonds is 6. The highest BCUT2D eigenvalue weighted by Gasteiger charge is 2.12. The molecular formula is C18H23N5O. The monoisotopic (exact) mass is 325 g/mol. The van der Waals surface area contributed by atoms with Crippen LogP contribution in [-0.4, -0.2) is 40.6 Å². The number of nitrogen functional groups attached to an aromatic ring is 1. The summed E-state index contributed by atoms with van der Waals surface area (Å²) in [5, 5.41) is 0. The average Bonchev–Trinajstić information content (AvgIpc) is 2.59. The van der Waals surface area contributed by atoms with E-state index in [4.69, 9.17) is 5.73 Å². The lowest BCUT2D eigenvalue weighted by Gasteiger charge is -2.18. The van der Waals surface area contributed by atoms with E-state index in [0.717, 1.165) is 12.0 Å². The Balaban J connectivity index is 1.84. The number of hydrogen-bond donors (Lipinski definition) is 1. The predicted octanol–water partition coefficient (Wildman–Crippen LogP) is 2.87. The Hall–Kier alpha value is -2.76. The van der Waals surface area contributed by atoms with E-state index in [9.17, 15) is 4.79 Å². The van der Waals surface area contributed by atoms with Crippen molar-refractivity contribution in [3.8, 4) is 0 Å². The van der Waals surface area contributed by atoms with Crippen molar-refractivity contribution >= 4 is 23.8 Å². The van der Waals surface area contributed by atoms with Gasteiger partial charge >= 0.3 is 0 Å². The molecule has 6 nitrogen and oxygen atoms in total. The van der Waals surface area contributed by atoms with Gasteiger partial charge in [0.05, 0.1) is 0 Å². The first-order valence-electron chi connectivity index (χ1n) is 7.89. The molecule has 0 aliphatic heterocycles. The highest BCUT2D eigenvalue weighted by Crippen LogP contribution is 2.10. The Labute approximate surface area is 142 Å². The molecule has 126 valence electrons. The number of anilines is 1. The summed E-state index contributed by atoms with van der Waals surface area (Å²) in [5.41, 5.74) is 7.94. The second-order valence-corrected chi connectivity index (χ2v) is 5.95. The number of carbonyl (C=O) groups excluding carboxylic acids is 1. The standard InChI is InChI=1S/C18H23N5O/c1-13(10-20-18-21-11-14(2)12-22-18)8-9-23(3)17(24)15-4-6-16(19)7-5-15/h4-7,10-13H,8-9,19H2,1-3H3/b20-10+. The van der Waals surface area contributed by atoms with Crippen LogP contribution in [-0.2, 0) is 0 Å². The zero-order valence-electron chi connectivity index (χ0n) is 14.3. The number of aryl methyl sites for hydroxylation is 1. The van der Waals surface area contributed by atoms with Gasteiger partial charge in [0.2, 0.25) is 5.95 Å². The summed E-state index contributed by atoms with van der Waals surface area (Å²) in [6.45, 7) is 4.63. The fourth-order valence-electron chi connectivity index (χ4n) is 2.07. The maximum atomic E-state index is 12.3. The van der Waals surface area contributed by atoms with E-state index < -0.39 is 0 Å². The van der Waals surface area contributed by atoms with Gasteiger partial charge in [-0.25, -0.2) is 15.0 Å². The van der Waals surface area contributed by atoms with Crippen LogP contribution >= 0.6 is 0 Å². The molecule has 1 aromatic heterocycles. The number of nitrogens with zero attached hydrogens (tertiary/aromatic N) is 4. The first-order chi connectivity index (χ1) is 11.5. The van der Waals surface area contributed by atoms with E-state index in [0.29, 0.717) is 23.7 Å². The Morgan fingerprint density at radius 2 is 1.92 bits per heavy atom. The molecule has 2 aromatic rings. The number of hydrogen-bond acceptors (Lipinski definition) is 5. The molecule has 0 spiro atoms. The van der Waals surface area contributed by atoms with Crippen LogP contribution in [0.15, 0.2) is 41.7 Å². The van der Waals surface area contributed by atoms with Crippen molar-refractivity contribution in [2.75, 3.05) is 19.3 Å². The molecule has 2 N–H and O–H groups in total. The van der Waals surface area contributed by atoms with Crippen molar-refractivity contribution in [2.45, 2.75) is 20.3 Å². The third-order valence-corrected chi connectivity index (χ3v) is 3.64. The number of benzene rings is 1. The zero-order valence-corrected chi connectivity index (χ0v) is 14.3. The second kappa shape index (κ2) is 8.19. The van der Waals surface area contributed by atoms with Gasteiger partial charge in [0.25, 0.3) is 5.91 Å². The highest BCUT2D eigenvalue weighted by atomic mass is 16.2. The van der Waals surface area contributed by atoms with Crippen molar-refractivity contribution in [3.63, 3.8) is 0 Å². The molecule has 24 heavy (non-hydrogen) atoms. The van der Waals surface area contributed by atoms with E-state index in [-0.39, 0.29) is 11.8 Å². The molecule has 6 heteroatoms. The predicted molar refractivity (Wildman–Crippen MR) is 96.5 cm³/mol. The molecule has 0 aliphatic rings. The lowest BCUT2D eigenvalue weighted by Crippen LogP contribution is -2.28. The molecule has 0 saturated heterocycles. The van der Waals surface area contributed by atoms with Crippen LogP contribution in [0.4, 0.5) is 11.6 Å². The average molecular weight is 325 g/mol. The van der Waals surface area contributed by atoms with Crippen molar-refractivity contribution in [2.24, 2.45) is 10.9 Å². The fraction of sp³-hybridized carbons (Fsp3) is 0.333. The number of nitrogens with two attached hydrogens (primary N) is 1. The summed E-state index contributed by atoms with van der Waals surface area (Å²) in [5.74, 6) is 0.663. The second-order valence-electron chi connectivity index (χ2n) is 5.95. The van der Waals surface area contributed by atoms with Crippen LogP contribution < -0.4 is 5.73 Å². The summed E-state index contributed by atoms with van der Waals surface area (Å²) in [6.07, 6.45) is 6.12. The van der Waals surface area contributed by atoms with Crippen molar-refractivity contribution in [1.82, 2.24) is 14.9 Å². The molecule has 0 fully saturated rings. The number of aromatic nitrogens is 2. The maximum Gasteiger partial charge on any atom is 0.253 e. The Morgan fingerprint density at radius 1 is 1.29 bits per heavy atom. The lowest BCUT2D eigenvalue weighted by atomic mass is 10.1. The van der Waals surface area contributed by atoms with E-state index in [1.807, 2.05) is 13.1 Å².